The second-order valence-electron chi connectivity index (χ2n) is 10.1. The maximum absolute atomic E-state index is 10.9. The number of rotatable bonds is 7. The first-order chi connectivity index (χ1) is 21.4. The number of hydrogen-bond acceptors (Lipinski definition) is 14. The molecule has 0 saturated carbocycles. The number of aliphatic imine (C=N–C) groups is 1. The van der Waals surface area contributed by atoms with Gasteiger partial charge in [-0.1, -0.05) is 6.92 Å². The molecule has 0 radical (unpaired) electrons. The van der Waals surface area contributed by atoms with E-state index in [0.717, 1.165) is 13.5 Å². The van der Waals surface area contributed by atoms with E-state index in [0.29, 0.717) is 39.5 Å². The summed E-state index contributed by atoms with van der Waals surface area (Å²) in [5.41, 5.74) is 27.2. The van der Waals surface area contributed by atoms with Crippen molar-refractivity contribution >= 4 is 30.0 Å². The largest absolute Gasteiger partial charge is 0.400 e. The van der Waals surface area contributed by atoms with Gasteiger partial charge in [0.1, 0.15) is 0 Å². The predicted octanol–water partition coefficient (Wildman–Crippen LogP) is -3.72. The minimum atomic E-state index is -0.681. The second kappa shape index (κ2) is 47.4. The average Bonchev–Trinajstić information content (AvgIpc) is 2.98. The molecule has 1 saturated heterocycles. The molecule has 18 N–H and O–H groups in total. The molecule has 1 fully saturated rings. The smallest absolute Gasteiger partial charge is 0.311 e. The van der Waals surface area contributed by atoms with E-state index < -0.39 is 28.9 Å². The number of nitrogens with zero attached hydrogens (tertiary/aromatic N) is 2. The van der Waals surface area contributed by atoms with E-state index in [1.54, 1.807) is 48.7 Å². The van der Waals surface area contributed by atoms with Gasteiger partial charge in [0, 0.05) is 47.3 Å². The summed E-state index contributed by atoms with van der Waals surface area (Å²) in [6, 6.07) is 0. The number of piperazine rings is 1. The lowest BCUT2D eigenvalue weighted by Crippen LogP contribution is -2.51. The van der Waals surface area contributed by atoms with Crippen molar-refractivity contribution in [2.75, 3.05) is 66.8 Å². The SMILES string of the molecule is CC(C)(C)O.CC(C)(O)CN.CC(N)=O.CCC(C)O.CCN1CCNC(=O)C1=O.CO.COCN.NC=NCCO.NCC(N)=O. The number of ether oxygens (including phenoxy) is 1. The maximum Gasteiger partial charge on any atom is 0.311 e. The standard InChI is InChI=1S/C6H10N2O2.C4H11NO.2C4H10O.C3H8N2O.C2H6N2O.C2H7NO.C2H5NO.CH4O/c1-2-8-4-3-7-5(9)6(8)10;1-4(2,6)3-5;1-4(2,3)5;1-3-4(2)5;4-3-5-1-2-6;3-1-2(4)5;1-4-2-3;1-2(3)4;1-2/h2-4H2,1H3,(H,7,9);6H,3,5H2,1-2H3;5H,1-3H3;4-5H,3H2,1-2H3;3,6H,1-2H2,(H2,4,5);1,3H2,(H2,4,5);2-3H2,1H3;1H3,(H2,3,4);2H,1H3. The molecule has 0 aromatic heterocycles. The van der Waals surface area contributed by atoms with Crippen molar-refractivity contribution in [1.29, 1.82) is 0 Å². The van der Waals surface area contributed by atoms with Gasteiger partial charge in [0.05, 0.1) is 50.1 Å². The van der Waals surface area contributed by atoms with Gasteiger partial charge in [0.15, 0.2) is 0 Å². The Morgan fingerprint density at radius 3 is 1.51 bits per heavy atom. The number of primary amides is 2. The molecule has 19 nitrogen and oxygen atoms in total. The number of hydrogen-bond donors (Lipinski definition) is 12. The molecule has 288 valence electrons. The predicted molar refractivity (Wildman–Crippen MR) is 187 cm³/mol. The Kier molecular flexibility index (Phi) is 63.3. The molecule has 47 heavy (non-hydrogen) atoms. The van der Waals surface area contributed by atoms with Crippen molar-refractivity contribution in [3.8, 4) is 0 Å². The Morgan fingerprint density at radius 1 is 1.06 bits per heavy atom. The molecule has 0 bridgehead atoms. The molecule has 1 heterocycles. The van der Waals surface area contributed by atoms with E-state index in [4.69, 9.17) is 48.5 Å². The molecule has 1 rings (SSSR count). The molecule has 1 atom stereocenters. The Morgan fingerprint density at radius 2 is 1.38 bits per heavy atom. The van der Waals surface area contributed by atoms with Crippen LogP contribution in [0.25, 0.3) is 0 Å². The lowest BCUT2D eigenvalue weighted by molar-refractivity contribution is -0.147. The van der Waals surface area contributed by atoms with Crippen molar-refractivity contribution in [1.82, 2.24) is 10.2 Å². The van der Waals surface area contributed by atoms with Crippen molar-refractivity contribution < 1.29 is 49.4 Å². The normalized spacial score (nSPS) is 11.9. The van der Waals surface area contributed by atoms with E-state index >= 15 is 0 Å². The van der Waals surface area contributed by atoms with Crippen molar-refractivity contribution in [2.45, 2.75) is 86.0 Å². The van der Waals surface area contributed by atoms with Gasteiger partial charge >= 0.3 is 11.8 Å². The summed E-state index contributed by atoms with van der Waals surface area (Å²) in [7, 11) is 2.56. The van der Waals surface area contributed by atoms with Crippen molar-refractivity contribution in [3.63, 3.8) is 0 Å². The summed E-state index contributed by atoms with van der Waals surface area (Å²) in [6.07, 6.45) is 1.92. The van der Waals surface area contributed by atoms with Crippen LogP contribution in [0.2, 0.25) is 0 Å². The minimum Gasteiger partial charge on any atom is -0.400 e. The van der Waals surface area contributed by atoms with E-state index in [1.807, 2.05) is 13.8 Å². The number of aliphatic hydroxyl groups excluding tert-OH is 3. The molecule has 1 aliphatic heterocycles. The molecule has 0 spiro atoms. The average molecular weight is 694 g/mol. The number of methoxy groups -OCH3 is 1. The topological polar surface area (TPSA) is 362 Å². The van der Waals surface area contributed by atoms with Gasteiger partial charge in [0.2, 0.25) is 11.8 Å². The molecule has 19 heteroatoms. The maximum atomic E-state index is 10.9. The van der Waals surface area contributed by atoms with Crippen LogP contribution < -0.4 is 39.7 Å². The highest BCUT2D eigenvalue weighted by atomic mass is 16.5. The zero-order valence-corrected chi connectivity index (χ0v) is 30.7. The van der Waals surface area contributed by atoms with E-state index in [-0.39, 0.29) is 25.2 Å². The van der Waals surface area contributed by atoms with Crippen molar-refractivity contribution in [2.24, 2.45) is 39.4 Å². The van der Waals surface area contributed by atoms with Crippen LogP contribution in [0.1, 0.15) is 68.7 Å². The summed E-state index contributed by atoms with van der Waals surface area (Å²) in [5, 5.41) is 43.1. The fourth-order valence-corrected chi connectivity index (χ4v) is 1.06. The number of nitrogens with two attached hydrogens (primary N) is 6. The van der Waals surface area contributed by atoms with Crippen LogP contribution in [0.4, 0.5) is 0 Å². The fourth-order valence-electron chi connectivity index (χ4n) is 1.06. The van der Waals surface area contributed by atoms with E-state index in [2.05, 4.69) is 26.5 Å². The fraction of sp³-hybridized carbons (Fsp3) is 0.821. The number of amides is 4. The van der Waals surface area contributed by atoms with Gasteiger partial charge in [-0.15, -0.1) is 0 Å². The molecular weight excluding hydrogens is 622 g/mol. The van der Waals surface area contributed by atoms with Crippen LogP contribution in [-0.2, 0) is 23.9 Å². The Hall–Kier alpha value is -3.01. The highest BCUT2D eigenvalue weighted by Crippen LogP contribution is 1.94. The number of carbonyl (C=O) groups is 4. The lowest BCUT2D eigenvalue weighted by Gasteiger charge is -2.24. The van der Waals surface area contributed by atoms with Gasteiger partial charge in [-0.2, -0.15) is 0 Å². The van der Waals surface area contributed by atoms with Crippen LogP contribution in [0, 0.1) is 0 Å². The molecule has 0 aromatic carbocycles. The third-order valence-electron chi connectivity index (χ3n) is 3.32. The third kappa shape index (κ3) is 126. The Bertz CT molecular complexity index is 691. The molecule has 1 unspecified atom stereocenters. The van der Waals surface area contributed by atoms with Crippen LogP contribution in [0.5, 0.6) is 0 Å². The first kappa shape index (κ1) is 62.8. The van der Waals surface area contributed by atoms with Crippen LogP contribution in [-0.4, -0.2) is 145 Å². The van der Waals surface area contributed by atoms with Gasteiger partial charge in [-0.25, -0.2) is 0 Å². The van der Waals surface area contributed by atoms with Crippen molar-refractivity contribution in [3.05, 3.63) is 0 Å². The first-order valence-corrected chi connectivity index (χ1v) is 14.5. The van der Waals surface area contributed by atoms with Gasteiger partial charge in [-0.3, -0.25) is 24.2 Å². The highest BCUT2D eigenvalue weighted by Gasteiger charge is 2.23. The second-order valence-corrected chi connectivity index (χ2v) is 10.1. The van der Waals surface area contributed by atoms with Gasteiger partial charge < -0.3 is 74.9 Å². The van der Waals surface area contributed by atoms with Crippen LogP contribution in [0.15, 0.2) is 4.99 Å². The molecule has 4 amide bonds. The van der Waals surface area contributed by atoms with Crippen LogP contribution >= 0.6 is 0 Å². The summed E-state index contributed by atoms with van der Waals surface area (Å²) < 4.78 is 4.32. The summed E-state index contributed by atoms with van der Waals surface area (Å²) >= 11 is 0. The Labute approximate surface area is 282 Å². The lowest BCUT2D eigenvalue weighted by atomic mass is 10.1. The quantitative estimate of drug-likeness (QED) is 0.0528. The van der Waals surface area contributed by atoms with Gasteiger partial charge in [-0.05, 0) is 54.9 Å². The summed E-state index contributed by atoms with van der Waals surface area (Å²) in [6.45, 7) is 18.4. The first-order valence-electron chi connectivity index (χ1n) is 14.5. The molecule has 0 aliphatic carbocycles. The Balaban J connectivity index is -0.0000000625. The van der Waals surface area contributed by atoms with Gasteiger partial charge in [0.25, 0.3) is 0 Å². The van der Waals surface area contributed by atoms with E-state index in [1.165, 1.54) is 18.2 Å². The third-order valence-corrected chi connectivity index (χ3v) is 3.32. The zero-order chi connectivity index (χ0) is 39.7. The van der Waals surface area contributed by atoms with Crippen LogP contribution in [0.3, 0.4) is 0 Å². The monoisotopic (exact) mass is 694 g/mol. The van der Waals surface area contributed by atoms with E-state index in [9.17, 15) is 19.2 Å². The molecule has 0 aromatic rings. The number of carbonyl (C=O) groups excluding carboxylic acids is 4. The number of nitrogens with one attached hydrogen (secondary N) is 1. The number of likely N-dealkylation sites (N-methyl/N-ethyl adjacent to an activating group) is 1. The zero-order valence-electron chi connectivity index (χ0n) is 30.7. The minimum absolute atomic E-state index is 0.0556. The highest BCUT2D eigenvalue weighted by molar-refractivity contribution is 6.35. The summed E-state index contributed by atoms with van der Waals surface area (Å²) in [5.74, 6) is -1.69. The molecular formula is C28H71N9O10. The molecule has 1 aliphatic rings. The summed E-state index contributed by atoms with van der Waals surface area (Å²) in [4.78, 5) is 45.2. The number of aliphatic hydroxyl groups is 5.